The van der Waals surface area contributed by atoms with Crippen LogP contribution >= 0.6 is 0 Å². The van der Waals surface area contributed by atoms with E-state index in [0.29, 0.717) is 13.2 Å². The van der Waals surface area contributed by atoms with Crippen LogP contribution in [-0.4, -0.2) is 30.3 Å². The topological polar surface area (TPSA) is 44.2 Å². The lowest BCUT2D eigenvalue weighted by molar-refractivity contribution is 0.146. The van der Waals surface area contributed by atoms with Crippen LogP contribution in [0.25, 0.3) is 11.4 Å². The Labute approximate surface area is 164 Å². The fourth-order valence-electron chi connectivity index (χ4n) is 3.04. The van der Waals surface area contributed by atoms with Crippen molar-refractivity contribution in [1.29, 1.82) is 0 Å². The maximum absolute atomic E-state index is 5.58. The summed E-state index contributed by atoms with van der Waals surface area (Å²) in [7, 11) is 1.67. The molecule has 0 atom stereocenters. The molecule has 0 saturated carbocycles. The van der Waals surface area contributed by atoms with Gasteiger partial charge in [-0.15, -0.1) is 0 Å². The zero-order chi connectivity index (χ0) is 19.2. The van der Waals surface area contributed by atoms with Gasteiger partial charge in [0, 0.05) is 25.1 Å². The van der Waals surface area contributed by atoms with E-state index in [1.54, 1.807) is 7.11 Å². The predicted molar refractivity (Wildman–Crippen MR) is 111 cm³/mol. The molecule has 0 saturated heterocycles. The van der Waals surface area contributed by atoms with E-state index in [1.807, 2.05) is 36.7 Å². The molecule has 4 heteroatoms. The summed E-state index contributed by atoms with van der Waals surface area (Å²) in [6.45, 7) is 3.41. The molecule has 4 nitrogen and oxygen atoms in total. The van der Waals surface area contributed by atoms with E-state index in [1.165, 1.54) is 56.9 Å². The number of aryl methyl sites for hydroxylation is 1. The van der Waals surface area contributed by atoms with Crippen LogP contribution < -0.4 is 4.74 Å². The van der Waals surface area contributed by atoms with Gasteiger partial charge in [0.05, 0.1) is 6.61 Å². The van der Waals surface area contributed by atoms with Gasteiger partial charge < -0.3 is 9.47 Å². The van der Waals surface area contributed by atoms with Gasteiger partial charge in [-0.25, -0.2) is 9.97 Å². The van der Waals surface area contributed by atoms with Crippen molar-refractivity contribution < 1.29 is 9.47 Å². The van der Waals surface area contributed by atoms with Gasteiger partial charge in [0.1, 0.15) is 12.4 Å². The Morgan fingerprint density at radius 2 is 1.41 bits per heavy atom. The molecule has 2 aromatic rings. The van der Waals surface area contributed by atoms with E-state index in [0.717, 1.165) is 23.6 Å². The van der Waals surface area contributed by atoms with Crippen molar-refractivity contribution >= 4 is 0 Å². The molecule has 1 aromatic heterocycles. The minimum absolute atomic E-state index is 0.555. The Bertz CT molecular complexity index is 611. The van der Waals surface area contributed by atoms with Crippen LogP contribution in [0.5, 0.6) is 5.75 Å². The first kappa shape index (κ1) is 21.4. The fraction of sp³-hybridized carbons (Fsp3) is 0.565. The minimum Gasteiger partial charge on any atom is -0.491 e. The van der Waals surface area contributed by atoms with Gasteiger partial charge in [0.25, 0.3) is 0 Å². The zero-order valence-corrected chi connectivity index (χ0v) is 17.0. The van der Waals surface area contributed by atoms with Gasteiger partial charge >= 0.3 is 0 Å². The number of aromatic nitrogens is 2. The van der Waals surface area contributed by atoms with Crippen molar-refractivity contribution in [3.8, 4) is 17.1 Å². The molecule has 148 valence electrons. The number of hydrogen-bond donors (Lipinski definition) is 0. The third-order valence-electron chi connectivity index (χ3n) is 4.69. The van der Waals surface area contributed by atoms with E-state index in [9.17, 15) is 0 Å². The molecule has 0 aliphatic heterocycles. The average Bonchev–Trinajstić information content (AvgIpc) is 2.71. The molecule has 0 aliphatic carbocycles. The van der Waals surface area contributed by atoms with Crippen molar-refractivity contribution in [2.45, 2.75) is 64.7 Å². The van der Waals surface area contributed by atoms with Crippen LogP contribution in [0.2, 0.25) is 0 Å². The molecule has 0 spiro atoms. The highest BCUT2D eigenvalue weighted by atomic mass is 16.5. The Kier molecular flexibility index (Phi) is 10.5. The van der Waals surface area contributed by atoms with Crippen LogP contribution in [0.4, 0.5) is 0 Å². The van der Waals surface area contributed by atoms with Crippen LogP contribution in [0.1, 0.15) is 63.9 Å². The van der Waals surface area contributed by atoms with Gasteiger partial charge in [-0.2, -0.15) is 0 Å². The number of methoxy groups -OCH3 is 1. The van der Waals surface area contributed by atoms with E-state index in [4.69, 9.17) is 9.47 Å². The third-order valence-corrected chi connectivity index (χ3v) is 4.69. The summed E-state index contributed by atoms with van der Waals surface area (Å²) in [5.74, 6) is 1.60. The molecule has 0 amide bonds. The quantitative estimate of drug-likeness (QED) is 0.391. The highest BCUT2D eigenvalue weighted by Gasteiger charge is 2.03. The average molecular weight is 371 g/mol. The Hall–Kier alpha value is -1.94. The molecule has 1 heterocycles. The summed E-state index contributed by atoms with van der Waals surface area (Å²) in [5.41, 5.74) is 2.23. The van der Waals surface area contributed by atoms with Crippen LogP contribution in [0, 0.1) is 0 Å². The fourth-order valence-corrected chi connectivity index (χ4v) is 3.04. The van der Waals surface area contributed by atoms with Crippen molar-refractivity contribution in [2.75, 3.05) is 20.3 Å². The lowest BCUT2D eigenvalue weighted by atomic mass is 10.1. The Morgan fingerprint density at radius 3 is 2.04 bits per heavy atom. The van der Waals surface area contributed by atoms with Crippen LogP contribution in [0.15, 0.2) is 36.7 Å². The maximum Gasteiger partial charge on any atom is 0.159 e. The largest absolute Gasteiger partial charge is 0.491 e. The molecular weight excluding hydrogens is 336 g/mol. The van der Waals surface area contributed by atoms with E-state index >= 15 is 0 Å². The summed E-state index contributed by atoms with van der Waals surface area (Å²) < 4.78 is 10.6. The first-order valence-electron chi connectivity index (χ1n) is 10.4. The summed E-state index contributed by atoms with van der Waals surface area (Å²) in [4.78, 5) is 9.06. The predicted octanol–water partition coefficient (Wildman–Crippen LogP) is 5.85. The maximum atomic E-state index is 5.58. The molecule has 0 radical (unpaired) electrons. The molecule has 0 fully saturated rings. The van der Waals surface area contributed by atoms with Gasteiger partial charge in [-0.3, -0.25) is 0 Å². The summed E-state index contributed by atoms with van der Waals surface area (Å²) in [6, 6.07) is 7.89. The first-order valence-corrected chi connectivity index (χ1v) is 10.4. The molecule has 2 rings (SSSR count). The second-order valence-corrected chi connectivity index (χ2v) is 7.01. The Balaban J connectivity index is 1.70. The van der Waals surface area contributed by atoms with E-state index in [-0.39, 0.29) is 0 Å². The van der Waals surface area contributed by atoms with Crippen LogP contribution in [0.3, 0.4) is 0 Å². The monoisotopic (exact) mass is 370 g/mol. The normalized spacial score (nSPS) is 10.9. The number of rotatable bonds is 14. The molecular formula is C23H34N2O2. The molecule has 1 aromatic carbocycles. The lowest BCUT2D eigenvalue weighted by Crippen LogP contribution is -2.04. The molecule has 0 unspecified atom stereocenters. The lowest BCUT2D eigenvalue weighted by Gasteiger charge is -2.07. The van der Waals surface area contributed by atoms with Gasteiger partial charge in [0.15, 0.2) is 5.82 Å². The van der Waals surface area contributed by atoms with E-state index in [2.05, 4.69) is 16.9 Å². The third kappa shape index (κ3) is 8.53. The number of ether oxygens (including phenoxy) is 2. The van der Waals surface area contributed by atoms with Gasteiger partial charge in [-0.05, 0) is 42.7 Å². The van der Waals surface area contributed by atoms with Crippen molar-refractivity contribution in [3.05, 3.63) is 42.2 Å². The first-order chi connectivity index (χ1) is 13.3. The standard InChI is InChI=1S/C23H34N2O2/c1-3-4-5-6-7-8-9-10-11-20-18-24-23(25-19-20)21-12-14-22(15-13-21)27-17-16-26-2/h12-15,18-19H,3-11,16-17H2,1-2H3. The number of hydrogen-bond acceptors (Lipinski definition) is 4. The van der Waals surface area contributed by atoms with Crippen molar-refractivity contribution in [2.24, 2.45) is 0 Å². The SMILES string of the molecule is CCCCCCCCCCc1cnc(-c2ccc(OCCOC)cc2)nc1. The van der Waals surface area contributed by atoms with Gasteiger partial charge in [0.2, 0.25) is 0 Å². The molecule has 27 heavy (non-hydrogen) atoms. The molecule has 0 aliphatic rings. The van der Waals surface area contributed by atoms with Gasteiger partial charge in [-0.1, -0.05) is 51.9 Å². The van der Waals surface area contributed by atoms with E-state index < -0.39 is 0 Å². The number of unbranched alkanes of at least 4 members (excludes halogenated alkanes) is 7. The second kappa shape index (κ2) is 13.3. The molecule has 0 N–H and O–H groups in total. The van der Waals surface area contributed by atoms with Crippen molar-refractivity contribution in [1.82, 2.24) is 9.97 Å². The van der Waals surface area contributed by atoms with Crippen molar-refractivity contribution in [3.63, 3.8) is 0 Å². The highest BCUT2D eigenvalue weighted by Crippen LogP contribution is 2.19. The number of benzene rings is 1. The summed E-state index contributed by atoms with van der Waals surface area (Å²) in [5, 5.41) is 0. The van der Waals surface area contributed by atoms with Crippen LogP contribution in [-0.2, 0) is 11.2 Å². The summed E-state index contributed by atoms with van der Waals surface area (Å²) in [6.07, 6.45) is 15.7. The summed E-state index contributed by atoms with van der Waals surface area (Å²) >= 11 is 0. The molecule has 0 bridgehead atoms. The number of nitrogens with zero attached hydrogens (tertiary/aromatic N) is 2. The smallest absolute Gasteiger partial charge is 0.159 e. The second-order valence-electron chi connectivity index (χ2n) is 7.01. The highest BCUT2D eigenvalue weighted by molar-refractivity contribution is 5.55. The minimum atomic E-state index is 0.555. The zero-order valence-electron chi connectivity index (χ0n) is 17.0. The Morgan fingerprint density at radius 1 is 0.778 bits per heavy atom.